The molecular weight excluding hydrogens is 363 g/mol. The molecule has 1 atom stereocenters. The summed E-state index contributed by atoms with van der Waals surface area (Å²) >= 11 is 0. The minimum atomic E-state index is 0. The summed E-state index contributed by atoms with van der Waals surface area (Å²) in [5, 5.41) is 3.22. The van der Waals surface area contributed by atoms with Crippen LogP contribution in [0, 0.1) is 11.8 Å². The topological polar surface area (TPSA) is 63.3 Å². The van der Waals surface area contributed by atoms with E-state index in [1.54, 1.807) is 6.20 Å². The molecule has 1 aromatic heterocycles. The molecule has 0 saturated carbocycles. The van der Waals surface area contributed by atoms with E-state index in [2.05, 4.69) is 49.1 Å². The first-order chi connectivity index (χ1) is 9.00. The molecule has 0 aliphatic heterocycles. The lowest BCUT2D eigenvalue weighted by Crippen LogP contribution is -2.36. The van der Waals surface area contributed by atoms with Crippen molar-refractivity contribution in [3.8, 4) is 0 Å². The summed E-state index contributed by atoms with van der Waals surface area (Å²) in [5.41, 5.74) is 7.11. The standard InChI is InChI=1S/C15H26N4.HI/c1-11(2)8-18-15(16)19-10-14(12(3)4)13-6-5-7-17-9-13;/h5-7,9,11-12,14H,8,10H2,1-4H3,(H3,16,18,19);1H. The van der Waals surface area contributed by atoms with Crippen molar-refractivity contribution >= 4 is 29.9 Å². The molecular formula is C15H27IN4. The van der Waals surface area contributed by atoms with Crippen LogP contribution in [0.25, 0.3) is 0 Å². The molecule has 0 amide bonds. The Morgan fingerprint density at radius 1 is 1.35 bits per heavy atom. The van der Waals surface area contributed by atoms with E-state index in [1.165, 1.54) is 5.56 Å². The molecule has 0 spiro atoms. The monoisotopic (exact) mass is 390 g/mol. The molecule has 5 heteroatoms. The van der Waals surface area contributed by atoms with Crippen LogP contribution in [-0.4, -0.2) is 24.0 Å². The molecule has 0 aromatic carbocycles. The fourth-order valence-corrected chi connectivity index (χ4v) is 1.89. The Morgan fingerprint density at radius 3 is 2.55 bits per heavy atom. The van der Waals surface area contributed by atoms with Crippen LogP contribution in [0.1, 0.15) is 39.2 Å². The zero-order valence-electron chi connectivity index (χ0n) is 12.8. The average Bonchev–Trinajstić information content (AvgIpc) is 2.37. The van der Waals surface area contributed by atoms with Crippen LogP contribution in [0.4, 0.5) is 0 Å². The van der Waals surface area contributed by atoms with Gasteiger partial charge in [-0.05, 0) is 23.5 Å². The third-order valence-corrected chi connectivity index (χ3v) is 3.05. The lowest BCUT2D eigenvalue weighted by atomic mass is 9.89. The van der Waals surface area contributed by atoms with Gasteiger partial charge in [0.05, 0.1) is 0 Å². The summed E-state index contributed by atoms with van der Waals surface area (Å²) in [5.74, 6) is 1.97. The van der Waals surface area contributed by atoms with Gasteiger partial charge in [-0.15, -0.1) is 24.0 Å². The van der Waals surface area contributed by atoms with Gasteiger partial charge in [-0.25, -0.2) is 0 Å². The first-order valence-electron chi connectivity index (χ1n) is 6.94. The maximum Gasteiger partial charge on any atom is 0.188 e. The second kappa shape index (κ2) is 9.96. The Labute approximate surface area is 139 Å². The predicted octanol–water partition coefficient (Wildman–Crippen LogP) is 3.00. The molecule has 1 rings (SSSR count). The van der Waals surface area contributed by atoms with Gasteiger partial charge in [0.25, 0.3) is 0 Å². The number of hydrogen-bond donors (Lipinski definition) is 2. The smallest absolute Gasteiger partial charge is 0.188 e. The zero-order chi connectivity index (χ0) is 14.3. The molecule has 3 N–H and O–H groups in total. The maximum absolute atomic E-state index is 5.87. The number of aliphatic imine (C=N–C) groups is 1. The van der Waals surface area contributed by atoms with E-state index in [-0.39, 0.29) is 24.0 Å². The van der Waals surface area contributed by atoms with Crippen molar-refractivity contribution in [2.45, 2.75) is 33.6 Å². The van der Waals surface area contributed by atoms with Crippen molar-refractivity contribution in [3.05, 3.63) is 30.1 Å². The summed E-state index contributed by atoms with van der Waals surface area (Å²) in [4.78, 5) is 8.50. The summed E-state index contributed by atoms with van der Waals surface area (Å²) in [6.07, 6.45) is 3.72. The van der Waals surface area contributed by atoms with E-state index in [9.17, 15) is 0 Å². The third-order valence-electron chi connectivity index (χ3n) is 3.05. The normalized spacial score (nSPS) is 13.2. The lowest BCUT2D eigenvalue weighted by Gasteiger charge is -2.21. The van der Waals surface area contributed by atoms with E-state index in [0.29, 0.717) is 23.7 Å². The molecule has 114 valence electrons. The minimum absolute atomic E-state index is 0. The molecule has 1 aromatic rings. The molecule has 0 aliphatic carbocycles. The van der Waals surface area contributed by atoms with Gasteiger partial charge < -0.3 is 11.1 Å². The van der Waals surface area contributed by atoms with Crippen molar-refractivity contribution < 1.29 is 0 Å². The summed E-state index contributed by atoms with van der Waals surface area (Å²) in [6, 6.07) is 4.09. The Morgan fingerprint density at radius 2 is 2.05 bits per heavy atom. The van der Waals surface area contributed by atoms with E-state index in [1.807, 2.05) is 12.3 Å². The van der Waals surface area contributed by atoms with Crippen molar-refractivity contribution in [1.82, 2.24) is 10.3 Å². The summed E-state index contributed by atoms with van der Waals surface area (Å²) < 4.78 is 0. The molecule has 4 nitrogen and oxygen atoms in total. The molecule has 0 saturated heterocycles. The molecule has 0 bridgehead atoms. The van der Waals surface area contributed by atoms with Crippen molar-refractivity contribution in [2.75, 3.05) is 13.1 Å². The maximum atomic E-state index is 5.87. The van der Waals surface area contributed by atoms with Crippen LogP contribution < -0.4 is 11.1 Å². The van der Waals surface area contributed by atoms with Crippen LogP contribution >= 0.6 is 24.0 Å². The van der Waals surface area contributed by atoms with Gasteiger partial charge in [0, 0.05) is 31.4 Å². The Kier molecular flexibility index (Phi) is 9.54. The number of nitrogens with zero attached hydrogens (tertiary/aromatic N) is 2. The molecule has 0 fully saturated rings. The number of aromatic nitrogens is 1. The Balaban J connectivity index is 0.00000361. The second-order valence-electron chi connectivity index (χ2n) is 5.64. The van der Waals surface area contributed by atoms with Gasteiger partial charge >= 0.3 is 0 Å². The van der Waals surface area contributed by atoms with Crippen LogP contribution in [0.3, 0.4) is 0 Å². The molecule has 1 heterocycles. The fraction of sp³-hybridized carbons (Fsp3) is 0.600. The highest BCUT2D eigenvalue weighted by Crippen LogP contribution is 2.22. The number of nitrogens with two attached hydrogens (primary N) is 1. The van der Waals surface area contributed by atoms with Gasteiger partial charge in [-0.2, -0.15) is 0 Å². The van der Waals surface area contributed by atoms with Crippen LogP contribution in [-0.2, 0) is 0 Å². The first kappa shape index (κ1) is 19.1. The quantitative estimate of drug-likeness (QED) is 0.446. The van der Waals surface area contributed by atoms with Crippen LogP contribution in [0.2, 0.25) is 0 Å². The van der Waals surface area contributed by atoms with E-state index in [4.69, 9.17) is 5.73 Å². The zero-order valence-corrected chi connectivity index (χ0v) is 15.2. The molecule has 0 radical (unpaired) electrons. The number of guanidine groups is 1. The van der Waals surface area contributed by atoms with E-state index < -0.39 is 0 Å². The number of pyridine rings is 1. The Bertz CT molecular complexity index is 390. The van der Waals surface area contributed by atoms with E-state index >= 15 is 0 Å². The highest BCUT2D eigenvalue weighted by Gasteiger charge is 2.15. The van der Waals surface area contributed by atoms with Gasteiger partial charge in [-0.3, -0.25) is 9.98 Å². The fourth-order valence-electron chi connectivity index (χ4n) is 1.89. The number of halogens is 1. The molecule has 1 unspecified atom stereocenters. The molecule has 20 heavy (non-hydrogen) atoms. The van der Waals surface area contributed by atoms with Crippen LogP contribution in [0.15, 0.2) is 29.5 Å². The van der Waals surface area contributed by atoms with Gasteiger partial charge in [0.15, 0.2) is 5.96 Å². The van der Waals surface area contributed by atoms with Crippen LogP contribution in [0.5, 0.6) is 0 Å². The van der Waals surface area contributed by atoms with Crippen molar-refractivity contribution in [2.24, 2.45) is 22.6 Å². The number of nitrogens with one attached hydrogen (secondary N) is 1. The van der Waals surface area contributed by atoms with Crippen molar-refractivity contribution in [3.63, 3.8) is 0 Å². The Hall–Kier alpha value is -0.850. The third kappa shape index (κ3) is 7.07. The highest BCUT2D eigenvalue weighted by atomic mass is 127. The number of rotatable bonds is 6. The summed E-state index contributed by atoms with van der Waals surface area (Å²) in [7, 11) is 0. The highest BCUT2D eigenvalue weighted by molar-refractivity contribution is 14.0. The minimum Gasteiger partial charge on any atom is -0.370 e. The predicted molar refractivity (Wildman–Crippen MR) is 96.6 cm³/mol. The van der Waals surface area contributed by atoms with Gasteiger partial charge in [0.2, 0.25) is 0 Å². The lowest BCUT2D eigenvalue weighted by molar-refractivity contribution is 0.488. The van der Waals surface area contributed by atoms with E-state index in [0.717, 1.165) is 13.1 Å². The van der Waals surface area contributed by atoms with Crippen molar-refractivity contribution in [1.29, 1.82) is 0 Å². The summed E-state index contributed by atoms with van der Waals surface area (Å²) in [6.45, 7) is 10.2. The van der Waals surface area contributed by atoms with Gasteiger partial charge in [-0.1, -0.05) is 33.8 Å². The van der Waals surface area contributed by atoms with Gasteiger partial charge in [0.1, 0.15) is 0 Å². The second-order valence-corrected chi connectivity index (χ2v) is 5.64. The number of hydrogen-bond acceptors (Lipinski definition) is 2. The largest absolute Gasteiger partial charge is 0.370 e. The SMILES string of the molecule is CC(C)CN=C(N)NCC(c1cccnc1)C(C)C.I. The average molecular weight is 390 g/mol. The first-order valence-corrected chi connectivity index (χ1v) is 6.94. The molecule has 0 aliphatic rings.